The van der Waals surface area contributed by atoms with Crippen LogP contribution in [0, 0.1) is 0 Å². The first-order chi connectivity index (χ1) is 9.22. The molecule has 0 saturated carbocycles. The van der Waals surface area contributed by atoms with Gasteiger partial charge >= 0.3 is 0 Å². The first-order valence-electron chi connectivity index (χ1n) is 7.29. The van der Waals surface area contributed by atoms with E-state index in [1.807, 2.05) is 12.1 Å². The molecule has 0 radical (unpaired) electrons. The molecule has 0 bridgehead atoms. The number of nitrogens with zero attached hydrogens (tertiary/aromatic N) is 1. The normalized spacial score (nSPS) is 22.2. The standard InChI is InChI=1S/C16H26N2O/c1-13(15-9-4-5-10-16(15)19-3)17-12-14-8-6-7-11-18(14)2/h4-5,9-10,13-14,17H,6-8,11-12H2,1-3H3/t13-,14?/m0/s1. The highest BCUT2D eigenvalue weighted by Gasteiger charge is 2.19. The van der Waals surface area contributed by atoms with Gasteiger partial charge in [0.25, 0.3) is 0 Å². The molecule has 1 aliphatic rings. The summed E-state index contributed by atoms with van der Waals surface area (Å²) in [6.45, 7) is 4.49. The smallest absolute Gasteiger partial charge is 0.123 e. The van der Waals surface area contributed by atoms with E-state index in [1.165, 1.54) is 31.4 Å². The molecule has 1 fully saturated rings. The van der Waals surface area contributed by atoms with E-state index < -0.39 is 0 Å². The Hall–Kier alpha value is -1.06. The largest absolute Gasteiger partial charge is 0.496 e. The van der Waals surface area contributed by atoms with Crippen molar-refractivity contribution in [2.75, 3.05) is 27.2 Å². The highest BCUT2D eigenvalue weighted by atomic mass is 16.5. The minimum atomic E-state index is 0.325. The Bertz CT molecular complexity index is 394. The fourth-order valence-corrected chi connectivity index (χ4v) is 2.85. The molecule has 1 aromatic carbocycles. The fraction of sp³-hybridized carbons (Fsp3) is 0.625. The van der Waals surface area contributed by atoms with Crippen LogP contribution >= 0.6 is 0 Å². The summed E-state index contributed by atoms with van der Waals surface area (Å²) in [5.74, 6) is 0.972. The number of para-hydroxylation sites is 1. The maximum Gasteiger partial charge on any atom is 0.123 e. The van der Waals surface area contributed by atoms with Crippen molar-refractivity contribution < 1.29 is 4.74 Å². The van der Waals surface area contributed by atoms with E-state index in [0.717, 1.165) is 12.3 Å². The van der Waals surface area contributed by atoms with Crippen molar-refractivity contribution in [1.29, 1.82) is 0 Å². The summed E-state index contributed by atoms with van der Waals surface area (Å²) >= 11 is 0. The fourth-order valence-electron chi connectivity index (χ4n) is 2.85. The van der Waals surface area contributed by atoms with Crippen LogP contribution in [0.5, 0.6) is 5.75 Å². The van der Waals surface area contributed by atoms with Gasteiger partial charge in [0.15, 0.2) is 0 Å². The van der Waals surface area contributed by atoms with Gasteiger partial charge in [0, 0.05) is 24.2 Å². The molecule has 2 rings (SSSR count). The van der Waals surface area contributed by atoms with Gasteiger partial charge in [-0.3, -0.25) is 0 Å². The van der Waals surface area contributed by atoms with Gasteiger partial charge in [-0.25, -0.2) is 0 Å². The molecule has 0 aromatic heterocycles. The van der Waals surface area contributed by atoms with Crippen LogP contribution in [0.3, 0.4) is 0 Å². The summed E-state index contributed by atoms with van der Waals surface area (Å²) in [6, 6.07) is 9.26. The second kappa shape index (κ2) is 6.92. The molecule has 1 saturated heterocycles. The summed E-state index contributed by atoms with van der Waals surface area (Å²) in [6.07, 6.45) is 4.01. The Morgan fingerprint density at radius 2 is 2.16 bits per heavy atom. The van der Waals surface area contributed by atoms with Crippen LogP contribution in [0.2, 0.25) is 0 Å². The molecule has 1 unspecified atom stereocenters. The lowest BCUT2D eigenvalue weighted by Gasteiger charge is -2.33. The minimum absolute atomic E-state index is 0.325. The zero-order valence-electron chi connectivity index (χ0n) is 12.4. The lowest BCUT2D eigenvalue weighted by atomic mass is 10.0. The molecule has 106 valence electrons. The van der Waals surface area contributed by atoms with E-state index in [1.54, 1.807) is 7.11 Å². The SMILES string of the molecule is COc1ccccc1[C@H](C)NCC1CCCCN1C. The van der Waals surface area contributed by atoms with Crippen molar-refractivity contribution >= 4 is 0 Å². The number of piperidine rings is 1. The lowest BCUT2D eigenvalue weighted by molar-refractivity contribution is 0.178. The zero-order chi connectivity index (χ0) is 13.7. The predicted octanol–water partition coefficient (Wildman–Crippen LogP) is 2.83. The van der Waals surface area contributed by atoms with Gasteiger partial charge in [-0.1, -0.05) is 24.6 Å². The summed E-state index contributed by atoms with van der Waals surface area (Å²) < 4.78 is 5.43. The number of hydrogen-bond acceptors (Lipinski definition) is 3. The summed E-state index contributed by atoms with van der Waals surface area (Å²) in [5.41, 5.74) is 1.24. The summed E-state index contributed by atoms with van der Waals surface area (Å²) in [5, 5.41) is 3.65. The average molecular weight is 262 g/mol. The number of rotatable bonds is 5. The third-order valence-electron chi connectivity index (χ3n) is 4.19. The van der Waals surface area contributed by atoms with Crippen LogP contribution in [0.4, 0.5) is 0 Å². The van der Waals surface area contributed by atoms with Crippen molar-refractivity contribution in [3.05, 3.63) is 29.8 Å². The second-order valence-electron chi connectivity index (χ2n) is 5.50. The van der Waals surface area contributed by atoms with Crippen molar-refractivity contribution in [2.24, 2.45) is 0 Å². The highest BCUT2D eigenvalue weighted by molar-refractivity contribution is 5.35. The number of likely N-dealkylation sites (tertiary alicyclic amines) is 1. The van der Waals surface area contributed by atoms with Crippen molar-refractivity contribution in [1.82, 2.24) is 10.2 Å². The number of nitrogens with one attached hydrogen (secondary N) is 1. The van der Waals surface area contributed by atoms with Crippen LogP contribution in [-0.2, 0) is 0 Å². The molecule has 3 heteroatoms. The topological polar surface area (TPSA) is 24.5 Å². The molecule has 2 atom stereocenters. The summed E-state index contributed by atoms with van der Waals surface area (Å²) in [7, 11) is 3.97. The van der Waals surface area contributed by atoms with E-state index in [9.17, 15) is 0 Å². The number of hydrogen-bond donors (Lipinski definition) is 1. The molecular weight excluding hydrogens is 236 g/mol. The van der Waals surface area contributed by atoms with Crippen LogP contribution in [0.25, 0.3) is 0 Å². The van der Waals surface area contributed by atoms with E-state index in [-0.39, 0.29) is 0 Å². The lowest BCUT2D eigenvalue weighted by Crippen LogP contribution is -2.43. The van der Waals surface area contributed by atoms with Gasteiger partial charge in [0.05, 0.1) is 7.11 Å². The molecule has 1 aromatic rings. The molecular formula is C16H26N2O. The van der Waals surface area contributed by atoms with Crippen LogP contribution < -0.4 is 10.1 Å². The maximum atomic E-state index is 5.43. The van der Waals surface area contributed by atoms with Gasteiger partial charge < -0.3 is 15.0 Å². The van der Waals surface area contributed by atoms with E-state index >= 15 is 0 Å². The molecule has 1 heterocycles. The van der Waals surface area contributed by atoms with Crippen LogP contribution in [0.15, 0.2) is 24.3 Å². The highest BCUT2D eigenvalue weighted by Crippen LogP contribution is 2.24. The maximum absolute atomic E-state index is 5.43. The monoisotopic (exact) mass is 262 g/mol. The molecule has 19 heavy (non-hydrogen) atoms. The molecule has 1 N–H and O–H groups in total. The number of ether oxygens (including phenoxy) is 1. The van der Waals surface area contributed by atoms with Crippen molar-refractivity contribution in [2.45, 2.75) is 38.3 Å². The first kappa shape index (κ1) is 14.4. The van der Waals surface area contributed by atoms with Gasteiger partial charge in [-0.2, -0.15) is 0 Å². The van der Waals surface area contributed by atoms with Crippen LogP contribution in [0.1, 0.15) is 37.8 Å². The van der Waals surface area contributed by atoms with Crippen LogP contribution in [-0.4, -0.2) is 38.2 Å². The molecule has 0 amide bonds. The summed E-state index contributed by atoms with van der Waals surface area (Å²) in [4.78, 5) is 2.48. The second-order valence-corrected chi connectivity index (χ2v) is 5.50. The van der Waals surface area contributed by atoms with Gasteiger partial charge in [0.2, 0.25) is 0 Å². The van der Waals surface area contributed by atoms with E-state index in [4.69, 9.17) is 4.74 Å². The Balaban J connectivity index is 1.91. The average Bonchev–Trinajstić information content (AvgIpc) is 2.46. The zero-order valence-corrected chi connectivity index (χ0v) is 12.4. The van der Waals surface area contributed by atoms with Gasteiger partial charge in [-0.15, -0.1) is 0 Å². The van der Waals surface area contributed by atoms with Gasteiger partial charge in [-0.05, 0) is 39.4 Å². The number of methoxy groups -OCH3 is 1. The Morgan fingerprint density at radius 3 is 2.89 bits per heavy atom. The Labute approximate surface area is 116 Å². The van der Waals surface area contributed by atoms with Gasteiger partial charge in [0.1, 0.15) is 5.75 Å². The van der Waals surface area contributed by atoms with Crippen molar-refractivity contribution in [3.63, 3.8) is 0 Å². The third kappa shape index (κ3) is 3.71. The Morgan fingerprint density at radius 1 is 1.37 bits per heavy atom. The third-order valence-corrected chi connectivity index (χ3v) is 4.19. The van der Waals surface area contributed by atoms with E-state index in [2.05, 4.69) is 36.3 Å². The molecule has 0 aliphatic carbocycles. The predicted molar refractivity (Wildman–Crippen MR) is 79.7 cm³/mol. The Kier molecular flexibility index (Phi) is 5.23. The first-order valence-corrected chi connectivity index (χ1v) is 7.29. The molecule has 1 aliphatic heterocycles. The number of benzene rings is 1. The quantitative estimate of drug-likeness (QED) is 0.883. The van der Waals surface area contributed by atoms with Crippen molar-refractivity contribution in [3.8, 4) is 5.75 Å². The number of likely N-dealkylation sites (N-methyl/N-ethyl adjacent to an activating group) is 1. The van der Waals surface area contributed by atoms with E-state index in [0.29, 0.717) is 12.1 Å². The minimum Gasteiger partial charge on any atom is -0.496 e. The molecule has 3 nitrogen and oxygen atoms in total. The molecule has 0 spiro atoms.